The van der Waals surface area contributed by atoms with Crippen molar-refractivity contribution in [3.8, 4) is 0 Å². The molecule has 4 nitrogen and oxygen atoms in total. The molecule has 0 aromatic rings. The van der Waals surface area contributed by atoms with Gasteiger partial charge in [0, 0.05) is 17.9 Å². The molecule has 0 spiro atoms. The van der Waals surface area contributed by atoms with E-state index in [4.69, 9.17) is 4.74 Å². The Kier molecular flexibility index (Phi) is 4.16. The predicted octanol–water partition coefficient (Wildman–Crippen LogP) is 2.26. The Morgan fingerprint density at radius 3 is 2.11 bits per heavy atom. The topological polar surface area (TPSA) is 49.9 Å². The molecule has 0 radical (unpaired) electrons. The Bertz CT molecular complexity index is 374. The molecular weight excluding hydrogens is 242 g/mol. The summed E-state index contributed by atoms with van der Waals surface area (Å²) in [6, 6.07) is 0.183. The molecule has 0 aromatic heterocycles. The Morgan fingerprint density at radius 1 is 1.32 bits per heavy atom. The van der Waals surface area contributed by atoms with E-state index in [0.29, 0.717) is 6.42 Å². The molecule has 4 heteroatoms. The van der Waals surface area contributed by atoms with E-state index in [1.165, 1.54) is 0 Å². The lowest BCUT2D eigenvalue weighted by atomic mass is 9.69. The van der Waals surface area contributed by atoms with Gasteiger partial charge in [0.25, 0.3) is 0 Å². The minimum absolute atomic E-state index is 0.0802. The first-order valence-electron chi connectivity index (χ1n) is 6.80. The number of ether oxygens (including phenoxy) is 1. The zero-order valence-corrected chi connectivity index (χ0v) is 13.2. The highest BCUT2D eigenvalue weighted by molar-refractivity contribution is 5.92. The van der Waals surface area contributed by atoms with Crippen molar-refractivity contribution in [1.29, 1.82) is 0 Å². The van der Waals surface area contributed by atoms with Gasteiger partial charge in [-0.1, -0.05) is 27.7 Å². The smallest absolute Gasteiger partial charge is 0.351 e. The van der Waals surface area contributed by atoms with Gasteiger partial charge in [-0.2, -0.15) is 0 Å². The molecule has 0 aliphatic carbocycles. The summed E-state index contributed by atoms with van der Waals surface area (Å²) < 4.78 is 5.10. The standard InChI is InChI=1S/C15H27NO3/c1-13(2,10-17)9-14(3,4)11(16(6)7)8-15(5)12(18)19-15/h10-11H,8-9H2,1-7H3. The molecule has 1 heterocycles. The fraction of sp³-hybridized carbons (Fsp3) is 0.867. The first-order valence-corrected chi connectivity index (χ1v) is 6.80. The van der Waals surface area contributed by atoms with Gasteiger partial charge in [-0.15, -0.1) is 0 Å². The van der Waals surface area contributed by atoms with Crippen molar-refractivity contribution in [3.05, 3.63) is 0 Å². The Balaban J connectivity index is 2.85. The fourth-order valence-corrected chi connectivity index (χ4v) is 3.16. The summed E-state index contributed by atoms with van der Waals surface area (Å²) in [4.78, 5) is 24.6. The molecule has 110 valence electrons. The van der Waals surface area contributed by atoms with E-state index in [-0.39, 0.29) is 22.8 Å². The summed E-state index contributed by atoms with van der Waals surface area (Å²) in [6.07, 6.45) is 2.46. The molecule has 0 aromatic carbocycles. The summed E-state index contributed by atoms with van der Waals surface area (Å²) in [5.74, 6) is -0.121. The van der Waals surface area contributed by atoms with E-state index in [1.54, 1.807) is 0 Å². The van der Waals surface area contributed by atoms with Crippen molar-refractivity contribution < 1.29 is 14.3 Å². The fourth-order valence-electron chi connectivity index (χ4n) is 3.16. The largest absolute Gasteiger partial charge is 0.444 e. The van der Waals surface area contributed by atoms with Crippen LogP contribution in [0.15, 0.2) is 0 Å². The van der Waals surface area contributed by atoms with E-state index < -0.39 is 5.60 Å². The van der Waals surface area contributed by atoms with Crippen molar-refractivity contribution in [2.75, 3.05) is 14.1 Å². The quantitative estimate of drug-likeness (QED) is 0.525. The van der Waals surface area contributed by atoms with Gasteiger partial charge >= 0.3 is 5.97 Å². The number of hydrogen-bond acceptors (Lipinski definition) is 4. The summed E-state index contributed by atoms with van der Waals surface area (Å²) >= 11 is 0. The summed E-state index contributed by atoms with van der Waals surface area (Å²) in [5.41, 5.74) is -1.06. The van der Waals surface area contributed by atoms with Gasteiger partial charge in [0.05, 0.1) is 0 Å². The normalized spacial score (nSPS) is 25.2. The van der Waals surface area contributed by atoms with Crippen molar-refractivity contribution in [1.82, 2.24) is 4.90 Å². The van der Waals surface area contributed by atoms with E-state index in [2.05, 4.69) is 18.7 Å². The van der Waals surface area contributed by atoms with E-state index in [1.807, 2.05) is 34.9 Å². The summed E-state index contributed by atoms with van der Waals surface area (Å²) in [7, 11) is 4.02. The van der Waals surface area contributed by atoms with Gasteiger partial charge in [-0.3, -0.25) is 0 Å². The molecule has 1 fully saturated rings. The number of aldehydes is 1. The van der Waals surface area contributed by atoms with E-state index in [0.717, 1.165) is 12.7 Å². The molecule has 1 rings (SSSR count). The predicted molar refractivity (Wildman–Crippen MR) is 74.8 cm³/mol. The third-order valence-electron chi connectivity index (χ3n) is 4.05. The van der Waals surface area contributed by atoms with Gasteiger partial charge in [-0.05, 0) is 32.9 Å². The number of carbonyl (C=O) groups is 2. The first kappa shape index (κ1) is 16.2. The van der Waals surface area contributed by atoms with E-state index >= 15 is 0 Å². The highest BCUT2D eigenvalue weighted by Crippen LogP contribution is 2.43. The van der Waals surface area contributed by atoms with Gasteiger partial charge in [0.2, 0.25) is 5.60 Å². The molecule has 0 N–H and O–H groups in total. The number of rotatable bonds is 7. The zero-order valence-electron chi connectivity index (χ0n) is 13.2. The molecule has 0 amide bonds. The van der Waals surface area contributed by atoms with Crippen molar-refractivity contribution in [3.63, 3.8) is 0 Å². The minimum atomic E-state index is -0.627. The number of epoxide rings is 1. The highest BCUT2D eigenvalue weighted by atomic mass is 16.7. The van der Waals surface area contributed by atoms with Gasteiger partial charge in [0.1, 0.15) is 6.29 Å². The number of hydrogen-bond donors (Lipinski definition) is 0. The number of carbonyl (C=O) groups excluding carboxylic acids is 2. The molecular formula is C15H27NO3. The Morgan fingerprint density at radius 2 is 1.79 bits per heavy atom. The van der Waals surface area contributed by atoms with Gasteiger partial charge in [0.15, 0.2) is 0 Å². The minimum Gasteiger partial charge on any atom is -0.444 e. The second-order valence-electron chi connectivity index (χ2n) is 7.58. The monoisotopic (exact) mass is 269 g/mol. The van der Waals surface area contributed by atoms with Gasteiger partial charge in [-0.25, -0.2) is 4.79 Å². The highest BCUT2D eigenvalue weighted by Gasteiger charge is 2.56. The van der Waals surface area contributed by atoms with Crippen LogP contribution in [0.4, 0.5) is 0 Å². The first-order chi connectivity index (χ1) is 8.43. The SMILES string of the molecule is CN(C)C(CC1(C)OC1=O)C(C)(C)CC(C)(C)C=O. The van der Waals surface area contributed by atoms with Crippen LogP contribution in [0.2, 0.25) is 0 Å². The van der Waals surface area contributed by atoms with Gasteiger partial charge < -0.3 is 14.4 Å². The molecule has 19 heavy (non-hydrogen) atoms. The van der Waals surface area contributed by atoms with Crippen LogP contribution >= 0.6 is 0 Å². The lowest BCUT2D eigenvalue weighted by molar-refractivity contribution is -0.118. The van der Waals surface area contributed by atoms with Crippen LogP contribution in [0, 0.1) is 10.8 Å². The average Bonchev–Trinajstić information content (AvgIpc) is 2.82. The number of nitrogens with zero attached hydrogens (tertiary/aromatic N) is 1. The van der Waals surface area contributed by atoms with E-state index in [9.17, 15) is 9.59 Å². The zero-order chi connectivity index (χ0) is 15.1. The third-order valence-corrected chi connectivity index (χ3v) is 4.05. The van der Waals surface area contributed by atoms with Crippen LogP contribution in [0.5, 0.6) is 0 Å². The van der Waals surface area contributed by atoms with Crippen LogP contribution in [-0.2, 0) is 14.3 Å². The maximum absolute atomic E-state index is 11.3. The lowest BCUT2D eigenvalue weighted by Crippen LogP contribution is -2.46. The second-order valence-corrected chi connectivity index (χ2v) is 7.58. The molecule has 0 saturated carbocycles. The van der Waals surface area contributed by atoms with Crippen LogP contribution in [-0.4, -0.2) is 42.9 Å². The summed E-state index contributed by atoms with van der Waals surface area (Å²) in [6.45, 7) is 10.1. The van der Waals surface area contributed by atoms with Crippen LogP contribution in [0.3, 0.4) is 0 Å². The summed E-state index contributed by atoms with van der Waals surface area (Å²) in [5, 5.41) is 0. The molecule has 2 unspecified atom stereocenters. The molecule has 1 aliphatic heterocycles. The Hall–Kier alpha value is -0.900. The molecule has 0 bridgehead atoms. The van der Waals surface area contributed by atoms with Crippen LogP contribution in [0.25, 0.3) is 0 Å². The Labute approximate surface area is 116 Å². The van der Waals surface area contributed by atoms with Crippen LogP contribution in [0.1, 0.15) is 47.5 Å². The van der Waals surface area contributed by atoms with Crippen molar-refractivity contribution in [2.24, 2.45) is 10.8 Å². The maximum atomic E-state index is 11.3. The maximum Gasteiger partial charge on any atom is 0.351 e. The van der Waals surface area contributed by atoms with Crippen LogP contribution < -0.4 is 0 Å². The third kappa shape index (κ3) is 3.78. The average molecular weight is 269 g/mol. The molecule has 1 saturated heterocycles. The lowest BCUT2D eigenvalue weighted by Gasteiger charge is -2.42. The second kappa shape index (κ2) is 4.89. The van der Waals surface area contributed by atoms with Crippen molar-refractivity contribution in [2.45, 2.75) is 59.1 Å². The molecule has 1 aliphatic rings. The molecule has 2 atom stereocenters. The van der Waals surface area contributed by atoms with Crippen molar-refractivity contribution >= 4 is 12.3 Å². The number of cyclic esters (lactones) is 1.